The number of epoxide rings is 1. The summed E-state index contributed by atoms with van der Waals surface area (Å²) in [5, 5.41) is 10.5. The highest BCUT2D eigenvalue weighted by Gasteiger charge is 2.80. The van der Waals surface area contributed by atoms with Crippen molar-refractivity contribution in [3.8, 4) is 0 Å². The molecule has 5 nitrogen and oxygen atoms in total. The zero-order chi connectivity index (χ0) is 25.9. The van der Waals surface area contributed by atoms with Crippen molar-refractivity contribution in [2.45, 2.75) is 117 Å². The predicted octanol–water partition coefficient (Wildman–Crippen LogP) is 5.42. The van der Waals surface area contributed by atoms with Gasteiger partial charge < -0.3 is 14.6 Å². The molecule has 0 amide bonds. The molecule has 202 valence electrons. The highest BCUT2D eigenvalue weighted by Crippen LogP contribution is 2.74. The van der Waals surface area contributed by atoms with Crippen LogP contribution >= 0.6 is 0 Å². The van der Waals surface area contributed by atoms with Crippen molar-refractivity contribution >= 4 is 11.8 Å². The number of hydrogen-bond donors (Lipinski definition) is 1. The first-order valence-electron chi connectivity index (χ1n) is 14.9. The van der Waals surface area contributed by atoms with E-state index in [1.54, 1.807) is 0 Å². The van der Waals surface area contributed by atoms with E-state index >= 15 is 0 Å². The lowest BCUT2D eigenvalue weighted by Gasteiger charge is -2.60. The third-order valence-electron chi connectivity index (χ3n) is 13.1. The Morgan fingerprint density at radius 3 is 2.47 bits per heavy atom. The monoisotopic (exact) mass is 500 g/mol. The van der Waals surface area contributed by atoms with Gasteiger partial charge in [0, 0.05) is 25.7 Å². The topological polar surface area (TPSA) is 76.1 Å². The summed E-state index contributed by atoms with van der Waals surface area (Å²) in [4.78, 5) is 26.1. The second-order valence-electron chi connectivity index (χ2n) is 14.8. The van der Waals surface area contributed by atoms with Gasteiger partial charge in [-0.05, 0) is 91.8 Å². The zero-order valence-corrected chi connectivity index (χ0v) is 23.5. The first-order chi connectivity index (χ1) is 16.8. The molecule has 6 aliphatic rings. The van der Waals surface area contributed by atoms with Crippen molar-refractivity contribution in [2.24, 2.45) is 64.1 Å². The Labute approximate surface area is 217 Å². The fraction of sp³-hybridized carbons (Fsp3) is 0.935. The van der Waals surface area contributed by atoms with Gasteiger partial charge >= 0.3 is 5.97 Å². The van der Waals surface area contributed by atoms with Crippen LogP contribution in [0.5, 0.6) is 0 Å². The molecule has 5 heteroatoms. The van der Waals surface area contributed by atoms with E-state index in [9.17, 15) is 14.7 Å². The second kappa shape index (κ2) is 8.04. The Hall–Kier alpha value is -0.940. The largest absolute Gasteiger partial charge is 0.462 e. The summed E-state index contributed by atoms with van der Waals surface area (Å²) in [5.41, 5.74) is -1.12. The molecule has 1 heterocycles. The number of ketones is 1. The van der Waals surface area contributed by atoms with Crippen LogP contribution in [-0.2, 0) is 19.1 Å². The van der Waals surface area contributed by atoms with Gasteiger partial charge in [-0.25, -0.2) is 0 Å². The maximum Gasteiger partial charge on any atom is 0.302 e. The van der Waals surface area contributed by atoms with Gasteiger partial charge in [0.25, 0.3) is 0 Å². The lowest BCUT2D eigenvalue weighted by molar-refractivity contribution is -0.194. The van der Waals surface area contributed by atoms with E-state index in [0.717, 1.165) is 36.5 Å². The van der Waals surface area contributed by atoms with E-state index in [2.05, 4.69) is 41.5 Å². The Bertz CT molecular complexity index is 945. The SMILES string of the molecule is CC(=O)O[C@@H]1C[C@]2(C)[C@@H]([C@H](C)[C@H]3C[C@@H]3[C@H](C)C(C)C)CC[C@H]2[C@@H]2C[C@H]3O[C@]34C[C@H](O)CC(=O)[C@]4(C)[C@H]21. The minimum atomic E-state index is -0.681. The Balaban J connectivity index is 1.33. The summed E-state index contributed by atoms with van der Waals surface area (Å²) in [6, 6.07) is 0. The average Bonchev–Trinajstić information content (AvgIpc) is 3.67. The van der Waals surface area contributed by atoms with Crippen LogP contribution in [0.2, 0.25) is 0 Å². The van der Waals surface area contributed by atoms with Crippen LogP contribution in [0, 0.1) is 64.1 Å². The van der Waals surface area contributed by atoms with Crippen LogP contribution in [0.25, 0.3) is 0 Å². The van der Waals surface area contributed by atoms with Crippen molar-refractivity contribution in [2.75, 3.05) is 0 Å². The molecule has 0 aromatic heterocycles. The number of esters is 1. The molecule has 0 aromatic rings. The molecule has 36 heavy (non-hydrogen) atoms. The molecule has 5 aliphatic carbocycles. The van der Waals surface area contributed by atoms with E-state index in [1.807, 2.05) is 0 Å². The number of Topliss-reactive ketones (excluding diaryl/α,β-unsaturated/α-hetero) is 1. The van der Waals surface area contributed by atoms with Gasteiger partial charge in [-0.2, -0.15) is 0 Å². The molecule has 5 saturated carbocycles. The number of carbonyl (C=O) groups is 2. The van der Waals surface area contributed by atoms with Crippen LogP contribution < -0.4 is 0 Å². The summed E-state index contributed by atoms with van der Waals surface area (Å²) >= 11 is 0. The minimum absolute atomic E-state index is 0.0121. The lowest BCUT2D eigenvalue weighted by Crippen LogP contribution is -2.66. The second-order valence-corrected chi connectivity index (χ2v) is 14.8. The normalized spacial score (nSPS) is 54.6. The van der Waals surface area contributed by atoms with Gasteiger partial charge in [0.05, 0.1) is 17.6 Å². The van der Waals surface area contributed by atoms with Gasteiger partial charge in [-0.15, -0.1) is 0 Å². The Kier molecular flexibility index (Phi) is 5.66. The number of aliphatic hydroxyl groups is 1. The van der Waals surface area contributed by atoms with Crippen molar-refractivity contribution in [3.05, 3.63) is 0 Å². The Morgan fingerprint density at radius 1 is 1.08 bits per heavy atom. The van der Waals surface area contributed by atoms with E-state index in [-0.39, 0.29) is 41.7 Å². The molecule has 0 radical (unpaired) electrons. The third-order valence-corrected chi connectivity index (χ3v) is 13.1. The highest BCUT2D eigenvalue weighted by atomic mass is 16.6. The fourth-order valence-corrected chi connectivity index (χ4v) is 11.0. The smallest absolute Gasteiger partial charge is 0.302 e. The maximum atomic E-state index is 13.7. The number of ether oxygens (including phenoxy) is 2. The molecule has 6 fully saturated rings. The van der Waals surface area contributed by atoms with Gasteiger partial charge in [0.15, 0.2) is 0 Å². The molecule has 1 saturated heterocycles. The summed E-state index contributed by atoms with van der Waals surface area (Å²) in [7, 11) is 0. The molecule has 1 aliphatic heterocycles. The summed E-state index contributed by atoms with van der Waals surface area (Å²) in [5.74, 6) is 5.24. The number of carbonyl (C=O) groups excluding carboxylic acids is 2. The van der Waals surface area contributed by atoms with Crippen LogP contribution in [-0.4, -0.2) is 40.8 Å². The first kappa shape index (κ1) is 25.3. The van der Waals surface area contributed by atoms with Crippen LogP contribution in [0.3, 0.4) is 0 Å². The number of rotatable bonds is 5. The number of hydrogen-bond acceptors (Lipinski definition) is 5. The number of aliphatic hydroxyl groups excluding tert-OH is 1. The van der Waals surface area contributed by atoms with Crippen molar-refractivity contribution in [1.29, 1.82) is 0 Å². The van der Waals surface area contributed by atoms with Crippen molar-refractivity contribution in [1.82, 2.24) is 0 Å². The average molecular weight is 501 g/mol. The van der Waals surface area contributed by atoms with E-state index in [4.69, 9.17) is 9.47 Å². The third kappa shape index (κ3) is 3.26. The van der Waals surface area contributed by atoms with E-state index in [0.29, 0.717) is 30.1 Å². The summed E-state index contributed by atoms with van der Waals surface area (Å²) in [6.07, 6.45) is 5.54. The zero-order valence-electron chi connectivity index (χ0n) is 23.5. The quantitative estimate of drug-likeness (QED) is 0.403. The summed E-state index contributed by atoms with van der Waals surface area (Å²) < 4.78 is 12.6. The number of fused-ring (bicyclic) bond motifs is 4. The van der Waals surface area contributed by atoms with E-state index < -0.39 is 17.1 Å². The minimum Gasteiger partial charge on any atom is -0.462 e. The maximum absolute atomic E-state index is 13.7. The van der Waals surface area contributed by atoms with Gasteiger partial charge in [0.1, 0.15) is 17.5 Å². The Morgan fingerprint density at radius 2 is 1.81 bits per heavy atom. The molecular weight excluding hydrogens is 452 g/mol. The van der Waals surface area contributed by atoms with Gasteiger partial charge in [-0.1, -0.05) is 34.6 Å². The molecule has 0 aromatic carbocycles. The summed E-state index contributed by atoms with van der Waals surface area (Å²) in [6.45, 7) is 15.8. The highest BCUT2D eigenvalue weighted by molar-refractivity contribution is 5.89. The van der Waals surface area contributed by atoms with Crippen molar-refractivity contribution in [3.63, 3.8) is 0 Å². The predicted molar refractivity (Wildman–Crippen MR) is 137 cm³/mol. The lowest BCUT2D eigenvalue weighted by atomic mass is 9.43. The molecule has 0 bridgehead atoms. The van der Waals surface area contributed by atoms with Crippen molar-refractivity contribution < 1.29 is 24.2 Å². The standard InChI is InChI=1S/C31H48O5/c1-15(2)16(3)20-11-21(20)17(4)23-8-9-24-22-12-27-31(36-27)13-19(33)10-26(34)30(31,7)28(22)25(35-18(5)32)14-29(23,24)6/h15-17,19-25,27-28,33H,8-14H2,1-7H3/t16-,17-,19-,20-,21-,22+,23-,24+,25-,27-,28-,29-,30-,31-/m1/s1. The van der Waals surface area contributed by atoms with Gasteiger partial charge in [-0.3, -0.25) is 9.59 Å². The molecule has 0 unspecified atom stereocenters. The van der Waals surface area contributed by atoms with Crippen LogP contribution in [0.4, 0.5) is 0 Å². The molecule has 6 rings (SSSR count). The fourth-order valence-electron chi connectivity index (χ4n) is 11.0. The molecular formula is C31H48O5. The van der Waals surface area contributed by atoms with Gasteiger partial charge in [0.2, 0.25) is 0 Å². The van der Waals surface area contributed by atoms with E-state index in [1.165, 1.54) is 26.2 Å². The molecule has 1 N–H and O–H groups in total. The first-order valence-corrected chi connectivity index (χ1v) is 14.9. The van der Waals surface area contributed by atoms with Crippen LogP contribution in [0.1, 0.15) is 93.4 Å². The molecule has 14 atom stereocenters. The van der Waals surface area contributed by atoms with Crippen LogP contribution in [0.15, 0.2) is 0 Å². The molecule has 1 spiro atoms.